The summed E-state index contributed by atoms with van der Waals surface area (Å²) in [5, 5.41) is 3.94. The lowest BCUT2D eigenvalue weighted by Gasteiger charge is -2.34. The smallest absolute Gasteiger partial charge is 0.264 e. The maximum atomic E-state index is 14.5. The second-order valence-corrected chi connectivity index (χ2v) is 13.6. The zero-order valence-electron chi connectivity index (χ0n) is 24.9. The van der Waals surface area contributed by atoms with Crippen LogP contribution < -0.4 is 9.62 Å². The summed E-state index contributed by atoms with van der Waals surface area (Å²) in [6, 6.07) is 25.8. The van der Waals surface area contributed by atoms with Crippen molar-refractivity contribution in [3.8, 4) is 0 Å². The first-order valence-corrected chi connectivity index (χ1v) is 17.0. The Balaban J connectivity index is 1.82. The normalized spacial score (nSPS) is 11.9. The molecule has 0 saturated heterocycles. The molecule has 11 heteroatoms. The number of aryl methyl sites for hydroxylation is 1. The Morgan fingerprint density at radius 1 is 0.822 bits per heavy atom. The molecule has 0 saturated carbocycles. The van der Waals surface area contributed by atoms with E-state index in [0.717, 1.165) is 15.4 Å². The number of anilines is 1. The van der Waals surface area contributed by atoms with Gasteiger partial charge >= 0.3 is 0 Å². The molecule has 45 heavy (non-hydrogen) atoms. The molecule has 0 aliphatic rings. The SMILES string of the molecule is CCCNC(=O)C(Cc1ccccc1)N(Cc1c(Cl)cccc1Cl)C(=O)CN(c1ccc(Cl)cc1)S(=O)(=O)c1ccc(C)cc1. The number of rotatable bonds is 13. The number of carbonyl (C=O) groups is 2. The Labute approximate surface area is 279 Å². The standard InChI is InChI=1S/C34H34Cl3N3O4S/c1-3-20-38-34(42)32(21-25-8-5-4-6-9-25)39(22-29-30(36)10-7-11-31(29)37)33(41)23-40(27-16-14-26(35)15-17-27)45(43,44)28-18-12-24(2)13-19-28/h4-19,32H,3,20-23H2,1-2H3,(H,38,42). The molecule has 1 atom stereocenters. The highest BCUT2D eigenvalue weighted by molar-refractivity contribution is 7.92. The van der Waals surface area contributed by atoms with Gasteiger partial charge < -0.3 is 10.2 Å². The highest BCUT2D eigenvalue weighted by atomic mass is 35.5. The number of amides is 2. The predicted molar refractivity (Wildman–Crippen MR) is 181 cm³/mol. The second kappa shape index (κ2) is 15.6. The highest BCUT2D eigenvalue weighted by Gasteiger charge is 2.35. The average Bonchev–Trinajstić information content (AvgIpc) is 3.02. The van der Waals surface area contributed by atoms with Gasteiger partial charge in [0.05, 0.1) is 10.6 Å². The van der Waals surface area contributed by atoms with Gasteiger partial charge in [0, 0.05) is 40.1 Å². The summed E-state index contributed by atoms with van der Waals surface area (Å²) in [7, 11) is -4.23. The van der Waals surface area contributed by atoms with Crippen molar-refractivity contribution < 1.29 is 18.0 Å². The fourth-order valence-electron chi connectivity index (χ4n) is 4.75. The number of benzene rings is 4. The van der Waals surface area contributed by atoms with Gasteiger partial charge in [0.15, 0.2) is 0 Å². The zero-order valence-corrected chi connectivity index (χ0v) is 28.0. The van der Waals surface area contributed by atoms with Crippen LogP contribution in [-0.2, 0) is 32.6 Å². The van der Waals surface area contributed by atoms with Crippen LogP contribution in [0.25, 0.3) is 0 Å². The van der Waals surface area contributed by atoms with Crippen LogP contribution in [0.15, 0.2) is 102 Å². The van der Waals surface area contributed by atoms with Crippen LogP contribution in [0.5, 0.6) is 0 Å². The van der Waals surface area contributed by atoms with E-state index in [-0.39, 0.29) is 29.5 Å². The van der Waals surface area contributed by atoms with E-state index < -0.39 is 28.5 Å². The van der Waals surface area contributed by atoms with Crippen LogP contribution >= 0.6 is 34.8 Å². The Morgan fingerprint density at radius 2 is 1.44 bits per heavy atom. The minimum Gasteiger partial charge on any atom is -0.354 e. The van der Waals surface area contributed by atoms with E-state index in [1.165, 1.54) is 29.2 Å². The van der Waals surface area contributed by atoms with Gasteiger partial charge in [-0.2, -0.15) is 0 Å². The van der Waals surface area contributed by atoms with Crippen LogP contribution in [0.2, 0.25) is 15.1 Å². The van der Waals surface area contributed by atoms with E-state index in [1.807, 2.05) is 44.2 Å². The molecule has 0 heterocycles. The fourth-order valence-corrected chi connectivity index (χ4v) is 6.80. The lowest BCUT2D eigenvalue weighted by atomic mass is 10.0. The summed E-state index contributed by atoms with van der Waals surface area (Å²) in [6.45, 7) is 3.45. The van der Waals surface area contributed by atoms with E-state index in [1.54, 1.807) is 42.5 Å². The maximum absolute atomic E-state index is 14.5. The summed E-state index contributed by atoms with van der Waals surface area (Å²) >= 11 is 19.2. The molecule has 1 unspecified atom stereocenters. The van der Waals surface area contributed by atoms with E-state index in [2.05, 4.69) is 5.32 Å². The molecule has 0 bridgehead atoms. The van der Waals surface area contributed by atoms with Crippen molar-refractivity contribution in [3.63, 3.8) is 0 Å². The summed E-state index contributed by atoms with van der Waals surface area (Å²) < 4.78 is 29.2. The van der Waals surface area contributed by atoms with Crippen molar-refractivity contribution in [1.82, 2.24) is 10.2 Å². The summed E-state index contributed by atoms with van der Waals surface area (Å²) in [5.74, 6) is -0.999. The number of sulfonamides is 1. The third-order valence-corrected chi connectivity index (χ3v) is 9.96. The van der Waals surface area contributed by atoms with Crippen LogP contribution in [0.1, 0.15) is 30.0 Å². The van der Waals surface area contributed by atoms with Crippen LogP contribution in [0.3, 0.4) is 0 Å². The maximum Gasteiger partial charge on any atom is 0.264 e. The van der Waals surface area contributed by atoms with Crippen LogP contribution in [0.4, 0.5) is 5.69 Å². The predicted octanol–water partition coefficient (Wildman–Crippen LogP) is 7.32. The molecule has 0 spiro atoms. The molecular weight excluding hydrogens is 653 g/mol. The van der Waals surface area contributed by atoms with E-state index in [0.29, 0.717) is 33.6 Å². The van der Waals surface area contributed by atoms with Crippen molar-refractivity contribution in [2.75, 3.05) is 17.4 Å². The quantitative estimate of drug-likeness (QED) is 0.160. The minimum atomic E-state index is -4.23. The molecule has 0 aliphatic heterocycles. The third-order valence-electron chi connectivity index (χ3n) is 7.21. The van der Waals surface area contributed by atoms with Crippen molar-refractivity contribution >= 4 is 62.3 Å². The van der Waals surface area contributed by atoms with E-state index in [9.17, 15) is 18.0 Å². The van der Waals surface area contributed by atoms with E-state index >= 15 is 0 Å². The first-order valence-electron chi connectivity index (χ1n) is 14.4. The number of carbonyl (C=O) groups excluding carboxylic acids is 2. The first-order chi connectivity index (χ1) is 21.5. The summed E-state index contributed by atoms with van der Waals surface area (Å²) in [6.07, 6.45) is 0.864. The van der Waals surface area contributed by atoms with Crippen molar-refractivity contribution in [3.05, 3.63) is 129 Å². The Morgan fingerprint density at radius 3 is 2.04 bits per heavy atom. The van der Waals surface area contributed by atoms with Crippen LogP contribution in [0, 0.1) is 6.92 Å². The molecule has 0 radical (unpaired) electrons. The molecule has 236 valence electrons. The van der Waals surface area contributed by atoms with Crippen molar-refractivity contribution in [1.29, 1.82) is 0 Å². The van der Waals surface area contributed by atoms with Gasteiger partial charge in [0.25, 0.3) is 10.0 Å². The lowest BCUT2D eigenvalue weighted by molar-refractivity contribution is -0.140. The van der Waals surface area contributed by atoms with Gasteiger partial charge in [-0.25, -0.2) is 8.42 Å². The Kier molecular flexibility index (Phi) is 11.9. The zero-order chi connectivity index (χ0) is 32.6. The number of nitrogens with one attached hydrogen (secondary N) is 1. The molecule has 0 aromatic heterocycles. The number of hydrogen-bond donors (Lipinski definition) is 1. The summed E-state index contributed by atoms with van der Waals surface area (Å²) in [4.78, 5) is 29.6. The van der Waals surface area contributed by atoms with Crippen LogP contribution in [-0.4, -0.2) is 44.3 Å². The molecule has 2 amide bonds. The van der Waals surface area contributed by atoms with Crippen molar-refractivity contribution in [2.24, 2.45) is 0 Å². The number of halogens is 3. The average molecular weight is 687 g/mol. The number of hydrogen-bond acceptors (Lipinski definition) is 4. The topological polar surface area (TPSA) is 86.8 Å². The lowest BCUT2D eigenvalue weighted by Crippen LogP contribution is -2.53. The second-order valence-electron chi connectivity index (χ2n) is 10.5. The molecular formula is C34H34Cl3N3O4S. The van der Waals surface area contributed by atoms with Gasteiger partial charge in [-0.1, -0.05) is 95.8 Å². The summed E-state index contributed by atoms with van der Waals surface area (Å²) in [5.41, 5.74) is 2.38. The van der Waals surface area contributed by atoms with Gasteiger partial charge in [-0.15, -0.1) is 0 Å². The molecule has 4 aromatic rings. The monoisotopic (exact) mass is 685 g/mol. The minimum absolute atomic E-state index is 0.0121. The molecule has 7 nitrogen and oxygen atoms in total. The first kappa shape index (κ1) is 34.3. The van der Waals surface area contributed by atoms with Gasteiger partial charge in [-0.3, -0.25) is 13.9 Å². The fraction of sp³-hybridized carbons (Fsp3) is 0.235. The third kappa shape index (κ3) is 8.79. The van der Waals surface area contributed by atoms with Gasteiger partial charge in [0.2, 0.25) is 11.8 Å². The molecule has 4 aromatic carbocycles. The van der Waals surface area contributed by atoms with Crippen molar-refractivity contribution in [2.45, 2.75) is 44.2 Å². The highest BCUT2D eigenvalue weighted by Crippen LogP contribution is 2.29. The van der Waals surface area contributed by atoms with Gasteiger partial charge in [0.1, 0.15) is 12.6 Å². The van der Waals surface area contributed by atoms with Gasteiger partial charge in [-0.05, 0) is 67.4 Å². The molecule has 1 N–H and O–H groups in total. The number of nitrogens with zero attached hydrogens (tertiary/aromatic N) is 2. The molecule has 0 aliphatic carbocycles. The molecule has 4 rings (SSSR count). The largest absolute Gasteiger partial charge is 0.354 e. The van der Waals surface area contributed by atoms with E-state index in [4.69, 9.17) is 34.8 Å². The molecule has 0 fully saturated rings. The Hall–Kier alpha value is -3.56. The Bertz CT molecular complexity index is 1700.